The second-order valence-corrected chi connectivity index (χ2v) is 3.79. The van der Waals surface area contributed by atoms with Gasteiger partial charge in [-0.25, -0.2) is 0 Å². The highest BCUT2D eigenvalue weighted by Crippen LogP contribution is 2.20. The Bertz CT molecular complexity index is 439. The van der Waals surface area contributed by atoms with Crippen LogP contribution in [0.25, 0.3) is 0 Å². The number of hydrogen-bond donors (Lipinski definition) is 2. The maximum absolute atomic E-state index is 10.1. The summed E-state index contributed by atoms with van der Waals surface area (Å²) in [5, 5.41) is 20.1. The summed E-state index contributed by atoms with van der Waals surface area (Å²) in [4.78, 5) is 0. The quantitative estimate of drug-likeness (QED) is 0.821. The van der Waals surface area contributed by atoms with Crippen molar-refractivity contribution in [1.29, 1.82) is 0 Å². The van der Waals surface area contributed by atoms with Gasteiger partial charge in [0.25, 0.3) is 0 Å². The Kier molecular flexibility index (Phi) is 3.31. The minimum atomic E-state index is -0.699. The number of rotatable bonds is 4. The van der Waals surface area contributed by atoms with Gasteiger partial charge in [0, 0.05) is 0 Å². The molecule has 0 saturated carbocycles. The number of hydrogen-bond acceptors (Lipinski definition) is 3. The van der Waals surface area contributed by atoms with E-state index in [0.717, 1.165) is 18.4 Å². The smallest absolute Gasteiger partial charge is 0.124 e. The van der Waals surface area contributed by atoms with Crippen molar-refractivity contribution in [2.24, 2.45) is 0 Å². The van der Waals surface area contributed by atoms with E-state index in [2.05, 4.69) is 28.4 Å². The van der Waals surface area contributed by atoms with E-state index in [9.17, 15) is 5.11 Å². The Morgan fingerprint density at radius 1 is 1.44 bits per heavy atom. The molecule has 4 nitrogen and oxygen atoms in total. The van der Waals surface area contributed by atoms with Crippen molar-refractivity contribution in [3.8, 4) is 0 Å². The van der Waals surface area contributed by atoms with Crippen molar-refractivity contribution in [2.45, 2.75) is 25.9 Å². The van der Waals surface area contributed by atoms with Gasteiger partial charge in [0.1, 0.15) is 11.8 Å². The molecule has 1 aromatic carbocycles. The predicted molar refractivity (Wildman–Crippen MR) is 60.9 cm³/mol. The molecule has 0 aliphatic rings. The van der Waals surface area contributed by atoms with Crippen molar-refractivity contribution in [3.05, 3.63) is 47.3 Å². The lowest BCUT2D eigenvalue weighted by Crippen LogP contribution is -2.01. The first kappa shape index (κ1) is 10.8. The van der Waals surface area contributed by atoms with E-state index in [1.54, 1.807) is 0 Å². The number of aryl methyl sites for hydroxylation is 1. The number of aromatic amines is 1. The van der Waals surface area contributed by atoms with Gasteiger partial charge in [-0.2, -0.15) is 15.4 Å². The minimum Gasteiger partial charge on any atom is -0.382 e. The zero-order valence-corrected chi connectivity index (χ0v) is 9.22. The molecule has 0 amide bonds. The van der Waals surface area contributed by atoms with Gasteiger partial charge in [0.15, 0.2) is 0 Å². The van der Waals surface area contributed by atoms with Crippen molar-refractivity contribution >= 4 is 0 Å². The van der Waals surface area contributed by atoms with E-state index in [1.807, 2.05) is 18.2 Å². The molecule has 2 aromatic rings. The molecule has 0 bridgehead atoms. The zero-order chi connectivity index (χ0) is 11.4. The molecule has 1 aromatic heterocycles. The van der Waals surface area contributed by atoms with Gasteiger partial charge in [-0.1, -0.05) is 37.6 Å². The van der Waals surface area contributed by atoms with E-state index in [-0.39, 0.29) is 0 Å². The van der Waals surface area contributed by atoms with Crippen LogP contribution in [0, 0.1) is 0 Å². The van der Waals surface area contributed by atoms with Gasteiger partial charge in [-0.05, 0) is 17.5 Å². The van der Waals surface area contributed by atoms with Crippen LogP contribution in [0.3, 0.4) is 0 Å². The number of nitrogens with zero attached hydrogens (tertiary/aromatic N) is 2. The average Bonchev–Trinajstić information content (AvgIpc) is 2.82. The van der Waals surface area contributed by atoms with Gasteiger partial charge in [0.05, 0.1) is 6.20 Å². The molecule has 0 radical (unpaired) electrons. The van der Waals surface area contributed by atoms with Crippen LogP contribution in [0.5, 0.6) is 0 Å². The van der Waals surface area contributed by atoms with Gasteiger partial charge in [0.2, 0.25) is 0 Å². The van der Waals surface area contributed by atoms with Gasteiger partial charge in [-0.15, -0.1) is 0 Å². The first-order valence-corrected chi connectivity index (χ1v) is 5.44. The minimum absolute atomic E-state index is 0.550. The molecule has 1 atom stereocenters. The van der Waals surface area contributed by atoms with Crippen LogP contribution in [0.1, 0.15) is 36.3 Å². The average molecular weight is 217 g/mol. The molecular formula is C12H15N3O. The van der Waals surface area contributed by atoms with Crippen molar-refractivity contribution in [3.63, 3.8) is 0 Å². The molecule has 0 spiro atoms. The number of nitrogens with one attached hydrogen (secondary N) is 1. The molecule has 0 aliphatic carbocycles. The molecule has 1 unspecified atom stereocenters. The molecule has 84 valence electrons. The summed E-state index contributed by atoms with van der Waals surface area (Å²) in [5.74, 6) is 0. The van der Waals surface area contributed by atoms with Gasteiger partial charge < -0.3 is 5.11 Å². The van der Waals surface area contributed by atoms with Gasteiger partial charge in [-0.3, -0.25) is 0 Å². The fourth-order valence-electron chi connectivity index (χ4n) is 1.72. The number of benzene rings is 1. The van der Waals surface area contributed by atoms with Crippen LogP contribution in [0.2, 0.25) is 0 Å². The largest absolute Gasteiger partial charge is 0.382 e. The van der Waals surface area contributed by atoms with Crippen LogP contribution >= 0.6 is 0 Å². The molecule has 0 fully saturated rings. The SMILES string of the molecule is CCCc1cccc(C(O)c2cn[nH]n2)c1. The Labute approximate surface area is 94.3 Å². The van der Waals surface area contributed by atoms with Crippen molar-refractivity contribution in [1.82, 2.24) is 15.4 Å². The van der Waals surface area contributed by atoms with Gasteiger partial charge >= 0.3 is 0 Å². The molecule has 1 heterocycles. The highest BCUT2D eigenvalue weighted by Gasteiger charge is 2.12. The highest BCUT2D eigenvalue weighted by atomic mass is 16.3. The monoisotopic (exact) mass is 217 g/mol. The van der Waals surface area contributed by atoms with E-state index in [1.165, 1.54) is 11.8 Å². The fourth-order valence-corrected chi connectivity index (χ4v) is 1.72. The first-order chi connectivity index (χ1) is 7.81. The maximum Gasteiger partial charge on any atom is 0.124 e. The molecule has 2 rings (SSSR count). The first-order valence-electron chi connectivity index (χ1n) is 5.44. The lowest BCUT2D eigenvalue weighted by molar-refractivity contribution is 0.215. The Morgan fingerprint density at radius 2 is 2.31 bits per heavy atom. The lowest BCUT2D eigenvalue weighted by atomic mass is 10.0. The number of aliphatic hydroxyl groups is 1. The molecule has 0 saturated heterocycles. The summed E-state index contributed by atoms with van der Waals surface area (Å²) in [6, 6.07) is 7.95. The fraction of sp³-hybridized carbons (Fsp3) is 0.333. The normalized spacial score (nSPS) is 12.6. The van der Waals surface area contributed by atoms with Crippen molar-refractivity contribution < 1.29 is 5.11 Å². The Morgan fingerprint density at radius 3 is 3.00 bits per heavy atom. The summed E-state index contributed by atoms with van der Waals surface area (Å²) in [6.07, 6.45) is 2.97. The van der Waals surface area contributed by atoms with Crippen LogP contribution in [-0.2, 0) is 6.42 Å². The molecule has 0 aliphatic heterocycles. The summed E-state index contributed by atoms with van der Waals surface area (Å²) >= 11 is 0. The highest BCUT2D eigenvalue weighted by molar-refractivity contribution is 5.29. The standard InChI is InChI=1S/C12H15N3O/c1-2-4-9-5-3-6-10(7-9)12(16)11-8-13-15-14-11/h3,5-8,12,16H,2,4H2,1H3,(H,13,14,15). The maximum atomic E-state index is 10.1. The summed E-state index contributed by atoms with van der Waals surface area (Å²) in [6.45, 7) is 2.14. The third-order valence-electron chi connectivity index (χ3n) is 2.52. The molecule has 16 heavy (non-hydrogen) atoms. The molecular weight excluding hydrogens is 202 g/mol. The third kappa shape index (κ3) is 2.28. The second-order valence-electron chi connectivity index (χ2n) is 3.79. The number of aliphatic hydroxyl groups excluding tert-OH is 1. The summed E-state index contributed by atoms with van der Waals surface area (Å²) < 4.78 is 0. The van der Waals surface area contributed by atoms with E-state index < -0.39 is 6.10 Å². The van der Waals surface area contributed by atoms with E-state index >= 15 is 0 Å². The van der Waals surface area contributed by atoms with Crippen LogP contribution in [0.4, 0.5) is 0 Å². The van der Waals surface area contributed by atoms with Crippen LogP contribution < -0.4 is 0 Å². The number of aromatic nitrogens is 3. The van der Waals surface area contributed by atoms with Crippen LogP contribution in [-0.4, -0.2) is 20.5 Å². The molecule has 2 N–H and O–H groups in total. The van der Waals surface area contributed by atoms with E-state index in [4.69, 9.17) is 0 Å². The zero-order valence-electron chi connectivity index (χ0n) is 9.22. The number of H-pyrrole nitrogens is 1. The topological polar surface area (TPSA) is 61.8 Å². The second kappa shape index (κ2) is 4.90. The summed E-state index contributed by atoms with van der Waals surface area (Å²) in [7, 11) is 0. The lowest BCUT2D eigenvalue weighted by Gasteiger charge is -2.09. The third-order valence-corrected chi connectivity index (χ3v) is 2.52. The molecule has 4 heteroatoms. The van der Waals surface area contributed by atoms with Crippen LogP contribution in [0.15, 0.2) is 30.5 Å². The predicted octanol–water partition coefficient (Wildman–Crippen LogP) is 1.84. The van der Waals surface area contributed by atoms with Crippen molar-refractivity contribution in [2.75, 3.05) is 0 Å². The Balaban J connectivity index is 2.23. The Hall–Kier alpha value is -1.68. The summed E-state index contributed by atoms with van der Waals surface area (Å²) in [5.41, 5.74) is 2.65. The van der Waals surface area contributed by atoms with E-state index in [0.29, 0.717) is 5.69 Å².